The van der Waals surface area contributed by atoms with Crippen LogP contribution in [0, 0.1) is 0 Å². The predicted octanol–water partition coefficient (Wildman–Crippen LogP) is 1.19. The second-order valence-corrected chi connectivity index (χ2v) is 4.81. The van der Waals surface area contributed by atoms with E-state index in [1.54, 1.807) is 26.4 Å². The zero-order valence-corrected chi connectivity index (χ0v) is 13.0. The standard InChI is InChI=1S/C15H25N3O3/c1-12(18(7-9-20-2)8-10-21-3)15(19)17-14-6-4-5-13(16)11-14/h4-6,11-12H,7-10,16H2,1-3H3,(H,17,19). The molecule has 1 atom stereocenters. The minimum atomic E-state index is -0.281. The number of amides is 1. The monoisotopic (exact) mass is 295 g/mol. The van der Waals surface area contributed by atoms with Crippen LogP contribution in [0.4, 0.5) is 11.4 Å². The minimum absolute atomic E-state index is 0.0761. The zero-order chi connectivity index (χ0) is 15.7. The van der Waals surface area contributed by atoms with E-state index in [0.29, 0.717) is 37.7 Å². The average molecular weight is 295 g/mol. The van der Waals surface area contributed by atoms with Crippen molar-refractivity contribution in [1.82, 2.24) is 4.90 Å². The number of benzene rings is 1. The van der Waals surface area contributed by atoms with E-state index in [1.807, 2.05) is 24.0 Å². The topological polar surface area (TPSA) is 76.8 Å². The van der Waals surface area contributed by atoms with Crippen LogP contribution < -0.4 is 11.1 Å². The third-order valence-corrected chi connectivity index (χ3v) is 3.25. The minimum Gasteiger partial charge on any atom is -0.399 e. The molecule has 6 heteroatoms. The van der Waals surface area contributed by atoms with Crippen LogP contribution in [0.3, 0.4) is 0 Å². The molecule has 0 aliphatic carbocycles. The lowest BCUT2D eigenvalue weighted by molar-refractivity contribution is -0.121. The van der Waals surface area contributed by atoms with Gasteiger partial charge in [-0.05, 0) is 25.1 Å². The smallest absolute Gasteiger partial charge is 0.241 e. The molecule has 0 saturated carbocycles. The normalized spacial score (nSPS) is 12.4. The maximum Gasteiger partial charge on any atom is 0.241 e. The highest BCUT2D eigenvalue weighted by molar-refractivity contribution is 5.94. The summed E-state index contributed by atoms with van der Waals surface area (Å²) in [5, 5.41) is 2.87. The van der Waals surface area contributed by atoms with E-state index in [9.17, 15) is 4.79 Å². The van der Waals surface area contributed by atoms with Crippen molar-refractivity contribution in [2.75, 3.05) is 51.6 Å². The first-order valence-corrected chi connectivity index (χ1v) is 6.96. The molecule has 1 aromatic rings. The van der Waals surface area contributed by atoms with Crippen molar-refractivity contribution >= 4 is 17.3 Å². The van der Waals surface area contributed by atoms with Crippen molar-refractivity contribution in [2.45, 2.75) is 13.0 Å². The Morgan fingerprint density at radius 3 is 2.43 bits per heavy atom. The molecule has 0 spiro atoms. The van der Waals surface area contributed by atoms with Crippen molar-refractivity contribution in [3.05, 3.63) is 24.3 Å². The second-order valence-electron chi connectivity index (χ2n) is 4.81. The molecular weight excluding hydrogens is 270 g/mol. The molecule has 21 heavy (non-hydrogen) atoms. The molecule has 3 N–H and O–H groups in total. The molecule has 0 fully saturated rings. The summed E-state index contributed by atoms with van der Waals surface area (Å²) in [6, 6.07) is 6.86. The number of carbonyl (C=O) groups is 1. The fourth-order valence-corrected chi connectivity index (χ4v) is 1.95. The van der Waals surface area contributed by atoms with Gasteiger partial charge in [0.05, 0.1) is 19.3 Å². The van der Waals surface area contributed by atoms with E-state index < -0.39 is 0 Å². The zero-order valence-electron chi connectivity index (χ0n) is 13.0. The third kappa shape index (κ3) is 6.12. The predicted molar refractivity (Wildman–Crippen MR) is 84.3 cm³/mol. The molecule has 0 bridgehead atoms. The lowest BCUT2D eigenvalue weighted by Crippen LogP contribution is -2.45. The van der Waals surface area contributed by atoms with Crippen LogP contribution in [0.2, 0.25) is 0 Å². The van der Waals surface area contributed by atoms with Crippen molar-refractivity contribution in [1.29, 1.82) is 0 Å². The number of nitrogens with zero attached hydrogens (tertiary/aromatic N) is 1. The van der Waals surface area contributed by atoms with Gasteiger partial charge in [0.25, 0.3) is 0 Å². The van der Waals surface area contributed by atoms with Gasteiger partial charge in [0.2, 0.25) is 5.91 Å². The summed E-state index contributed by atoms with van der Waals surface area (Å²) in [6.45, 7) is 4.35. The molecule has 118 valence electrons. The summed E-state index contributed by atoms with van der Waals surface area (Å²) < 4.78 is 10.2. The van der Waals surface area contributed by atoms with Gasteiger partial charge < -0.3 is 20.5 Å². The van der Waals surface area contributed by atoms with E-state index in [-0.39, 0.29) is 11.9 Å². The average Bonchev–Trinajstić information content (AvgIpc) is 2.47. The van der Waals surface area contributed by atoms with Gasteiger partial charge in [-0.1, -0.05) is 6.07 Å². The number of nitrogens with one attached hydrogen (secondary N) is 1. The Hall–Kier alpha value is -1.63. The molecular formula is C15H25N3O3. The number of hydrogen-bond acceptors (Lipinski definition) is 5. The molecule has 0 aromatic heterocycles. The Balaban J connectivity index is 2.63. The molecule has 0 aliphatic rings. The van der Waals surface area contributed by atoms with Crippen LogP contribution in [0.25, 0.3) is 0 Å². The van der Waals surface area contributed by atoms with Crippen LogP contribution in [0.15, 0.2) is 24.3 Å². The molecule has 0 radical (unpaired) electrons. The molecule has 1 amide bonds. The van der Waals surface area contributed by atoms with Crippen LogP contribution in [0.1, 0.15) is 6.92 Å². The molecule has 0 aliphatic heterocycles. The van der Waals surface area contributed by atoms with Gasteiger partial charge in [-0.15, -0.1) is 0 Å². The third-order valence-electron chi connectivity index (χ3n) is 3.25. The molecule has 0 heterocycles. The van der Waals surface area contributed by atoms with E-state index in [4.69, 9.17) is 15.2 Å². The number of ether oxygens (including phenoxy) is 2. The number of methoxy groups -OCH3 is 2. The lowest BCUT2D eigenvalue weighted by Gasteiger charge is -2.27. The van der Waals surface area contributed by atoms with Gasteiger partial charge in [-0.25, -0.2) is 0 Å². The fraction of sp³-hybridized carbons (Fsp3) is 0.533. The van der Waals surface area contributed by atoms with E-state index in [1.165, 1.54) is 0 Å². The first-order chi connectivity index (χ1) is 10.1. The van der Waals surface area contributed by atoms with Gasteiger partial charge in [0.15, 0.2) is 0 Å². The number of nitrogen functional groups attached to an aromatic ring is 1. The van der Waals surface area contributed by atoms with Crippen LogP contribution in [-0.4, -0.2) is 57.4 Å². The summed E-state index contributed by atoms with van der Waals surface area (Å²) in [5.74, 6) is -0.0761. The Morgan fingerprint density at radius 1 is 1.29 bits per heavy atom. The van der Waals surface area contributed by atoms with Gasteiger partial charge in [-0.2, -0.15) is 0 Å². The van der Waals surface area contributed by atoms with Crippen molar-refractivity contribution in [3.8, 4) is 0 Å². The van der Waals surface area contributed by atoms with Crippen molar-refractivity contribution in [3.63, 3.8) is 0 Å². The summed E-state index contributed by atoms with van der Waals surface area (Å²) in [7, 11) is 3.29. The lowest BCUT2D eigenvalue weighted by atomic mass is 10.2. The Labute approximate surface area is 126 Å². The van der Waals surface area contributed by atoms with Crippen LogP contribution in [-0.2, 0) is 14.3 Å². The summed E-state index contributed by atoms with van der Waals surface area (Å²) >= 11 is 0. The van der Waals surface area contributed by atoms with Gasteiger partial charge in [0, 0.05) is 38.7 Å². The molecule has 6 nitrogen and oxygen atoms in total. The highest BCUT2D eigenvalue weighted by Crippen LogP contribution is 2.13. The summed E-state index contributed by atoms with van der Waals surface area (Å²) in [4.78, 5) is 14.3. The Bertz CT molecular complexity index is 432. The SMILES string of the molecule is COCCN(CCOC)C(C)C(=O)Nc1cccc(N)c1. The number of anilines is 2. The largest absolute Gasteiger partial charge is 0.399 e. The first-order valence-electron chi connectivity index (χ1n) is 6.96. The van der Waals surface area contributed by atoms with Crippen molar-refractivity contribution in [2.24, 2.45) is 0 Å². The maximum absolute atomic E-state index is 12.3. The first kappa shape index (κ1) is 17.4. The maximum atomic E-state index is 12.3. The van der Waals surface area contributed by atoms with E-state index in [0.717, 1.165) is 0 Å². The molecule has 1 rings (SSSR count). The van der Waals surface area contributed by atoms with Crippen molar-refractivity contribution < 1.29 is 14.3 Å². The van der Waals surface area contributed by atoms with E-state index >= 15 is 0 Å². The van der Waals surface area contributed by atoms with Gasteiger partial charge >= 0.3 is 0 Å². The highest BCUT2D eigenvalue weighted by Gasteiger charge is 2.20. The van der Waals surface area contributed by atoms with Gasteiger partial charge in [-0.3, -0.25) is 9.69 Å². The Morgan fingerprint density at radius 2 is 1.90 bits per heavy atom. The molecule has 1 aromatic carbocycles. The number of hydrogen-bond donors (Lipinski definition) is 2. The Kier molecular flexibility index (Phi) is 7.74. The van der Waals surface area contributed by atoms with Gasteiger partial charge in [0.1, 0.15) is 0 Å². The number of rotatable bonds is 9. The van der Waals surface area contributed by atoms with Crippen LogP contribution in [0.5, 0.6) is 0 Å². The number of carbonyl (C=O) groups excluding carboxylic acids is 1. The van der Waals surface area contributed by atoms with Crippen LogP contribution >= 0.6 is 0 Å². The number of nitrogens with two attached hydrogens (primary N) is 1. The molecule has 1 unspecified atom stereocenters. The highest BCUT2D eigenvalue weighted by atomic mass is 16.5. The summed E-state index contributed by atoms with van der Waals surface area (Å²) in [6.07, 6.45) is 0. The van der Waals surface area contributed by atoms with E-state index in [2.05, 4.69) is 5.32 Å². The second kappa shape index (κ2) is 9.33. The quantitative estimate of drug-likeness (QED) is 0.669. The fourth-order valence-electron chi connectivity index (χ4n) is 1.95. The molecule has 0 saturated heterocycles. The summed E-state index contributed by atoms with van der Waals surface area (Å²) in [5.41, 5.74) is 7.03.